The van der Waals surface area contributed by atoms with E-state index in [1.54, 1.807) is 6.08 Å². The van der Waals surface area contributed by atoms with Gasteiger partial charge in [0.15, 0.2) is 11.6 Å². The highest BCUT2D eigenvalue weighted by atomic mass is 16.1. The smallest absolute Gasteiger partial charge is 0.158 e. The third kappa shape index (κ3) is 2.69. The summed E-state index contributed by atoms with van der Waals surface area (Å²) in [6.45, 7) is 7.95. The molecule has 0 aromatic carbocycles. The molecule has 0 aromatic heterocycles. The lowest BCUT2D eigenvalue weighted by Crippen LogP contribution is -2.24. The number of rotatable bonds is 3. The minimum Gasteiger partial charge on any atom is -0.295 e. The molecule has 16 heavy (non-hydrogen) atoms. The molecule has 0 unspecified atom stereocenters. The molecule has 0 fully saturated rings. The van der Waals surface area contributed by atoms with Gasteiger partial charge >= 0.3 is 0 Å². The Hall–Kier alpha value is -1.18. The Morgan fingerprint density at radius 3 is 2.62 bits per heavy atom. The van der Waals surface area contributed by atoms with Crippen molar-refractivity contribution in [3.8, 4) is 0 Å². The highest BCUT2D eigenvalue weighted by Gasteiger charge is 2.30. The van der Waals surface area contributed by atoms with E-state index in [0.29, 0.717) is 12.8 Å². The number of carbonyl (C=O) groups excluding carboxylic acids is 2. The van der Waals surface area contributed by atoms with Crippen molar-refractivity contribution >= 4 is 11.6 Å². The fourth-order valence-electron chi connectivity index (χ4n) is 2.05. The number of allylic oxidation sites excluding steroid dienone is 4. The maximum atomic E-state index is 11.6. The van der Waals surface area contributed by atoms with E-state index < -0.39 is 0 Å². The zero-order chi connectivity index (χ0) is 12.3. The van der Waals surface area contributed by atoms with Crippen molar-refractivity contribution in [3.63, 3.8) is 0 Å². The van der Waals surface area contributed by atoms with Gasteiger partial charge in [0, 0.05) is 12.8 Å². The maximum Gasteiger partial charge on any atom is 0.158 e. The van der Waals surface area contributed by atoms with E-state index in [9.17, 15) is 9.59 Å². The average Bonchev–Trinajstić information content (AvgIpc) is 2.23. The van der Waals surface area contributed by atoms with Crippen LogP contribution in [0.25, 0.3) is 0 Å². The molecular formula is C14H20O2. The van der Waals surface area contributed by atoms with Gasteiger partial charge in [0.2, 0.25) is 0 Å². The minimum atomic E-state index is 0.00249. The molecule has 0 spiro atoms. The van der Waals surface area contributed by atoms with E-state index >= 15 is 0 Å². The number of hydrogen-bond acceptors (Lipinski definition) is 2. The molecular weight excluding hydrogens is 200 g/mol. The summed E-state index contributed by atoms with van der Waals surface area (Å²) in [5.74, 6) is 0.317. The van der Waals surface area contributed by atoms with Crippen LogP contribution in [0.4, 0.5) is 0 Å². The lowest BCUT2D eigenvalue weighted by molar-refractivity contribution is -0.117. The molecule has 0 heterocycles. The molecule has 88 valence electrons. The monoisotopic (exact) mass is 220 g/mol. The molecule has 0 aliphatic heterocycles. The number of ketones is 2. The van der Waals surface area contributed by atoms with Crippen LogP contribution in [-0.4, -0.2) is 11.6 Å². The molecule has 0 bridgehead atoms. The van der Waals surface area contributed by atoms with Crippen LogP contribution >= 0.6 is 0 Å². The van der Waals surface area contributed by atoms with Gasteiger partial charge in [-0.1, -0.05) is 26.8 Å². The summed E-state index contributed by atoms with van der Waals surface area (Å²) < 4.78 is 0. The SMILES string of the molecule is CCC(=O)/C=C/C1=C(C)C(=O)CCC1(C)C. The molecule has 0 radical (unpaired) electrons. The van der Waals surface area contributed by atoms with Gasteiger partial charge in [0.25, 0.3) is 0 Å². The standard InChI is InChI=1S/C14H20O2/c1-5-11(15)6-7-12-10(2)13(16)8-9-14(12,3)4/h6-7H,5,8-9H2,1-4H3/b7-6+. The number of hydrogen-bond donors (Lipinski definition) is 0. The highest BCUT2D eigenvalue weighted by molar-refractivity contribution is 5.98. The van der Waals surface area contributed by atoms with E-state index in [4.69, 9.17) is 0 Å². The van der Waals surface area contributed by atoms with Crippen LogP contribution in [-0.2, 0) is 9.59 Å². The first-order chi connectivity index (χ1) is 7.38. The van der Waals surface area contributed by atoms with Crippen molar-refractivity contribution in [1.29, 1.82) is 0 Å². The van der Waals surface area contributed by atoms with Crippen molar-refractivity contribution in [1.82, 2.24) is 0 Å². The van der Waals surface area contributed by atoms with Gasteiger partial charge in [-0.2, -0.15) is 0 Å². The zero-order valence-electron chi connectivity index (χ0n) is 10.6. The summed E-state index contributed by atoms with van der Waals surface area (Å²) in [5, 5.41) is 0. The van der Waals surface area contributed by atoms with Crippen molar-refractivity contribution in [2.45, 2.75) is 47.0 Å². The molecule has 0 amide bonds. The Kier molecular flexibility index (Phi) is 3.84. The number of carbonyl (C=O) groups is 2. The van der Waals surface area contributed by atoms with Crippen LogP contribution in [0.5, 0.6) is 0 Å². The van der Waals surface area contributed by atoms with Crippen LogP contribution in [0.3, 0.4) is 0 Å². The molecule has 0 N–H and O–H groups in total. The second-order valence-electron chi connectivity index (χ2n) is 5.00. The van der Waals surface area contributed by atoms with Gasteiger partial charge in [-0.05, 0) is 36.0 Å². The lowest BCUT2D eigenvalue weighted by atomic mass is 9.72. The summed E-state index contributed by atoms with van der Waals surface area (Å²) in [7, 11) is 0. The fraction of sp³-hybridized carbons (Fsp3) is 0.571. The molecule has 1 rings (SSSR count). The van der Waals surface area contributed by atoms with Crippen LogP contribution in [0, 0.1) is 5.41 Å². The van der Waals surface area contributed by atoms with Crippen LogP contribution < -0.4 is 0 Å². The first-order valence-electron chi connectivity index (χ1n) is 5.84. The van der Waals surface area contributed by atoms with E-state index in [-0.39, 0.29) is 17.0 Å². The Morgan fingerprint density at radius 1 is 1.44 bits per heavy atom. The van der Waals surface area contributed by atoms with Crippen LogP contribution in [0.1, 0.15) is 47.0 Å². The van der Waals surface area contributed by atoms with Crippen molar-refractivity contribution in [2.75, 3.05) is 0 Å². The Balaban J connectivity index is 3.05. The molecule has 0 atom stereocenters. The van der Waals surface area contributed by atoms with E-state index in [0.717, 1.165) is 17.6 Å². The Bertz CT molecular complexity index is 370. The summed E-state index contributed by atoms with van der Waals surface area (Å²) in [6, 6.07) is 0. The van der Waals surface area contributed by atoms with Gasteiger partial charge in [-0.3, -0.25) is 9.59 Å². The molecule has 2 nitrogen and oxygen atoms in total. The molecule has 2 heteroatoms. The van der Waals surface area contributed by atoms with Crippen LogP contribution in [0.2, 0.25) is 0 Å². The molecule has 0 saturated heterocycles. The van der Waals surface area contributed by atoms with E-state index in [1.807, 2.05) is 19.9 Å². The summed E-state index contributed by atoms with van der Waals surface area (Å²) in [4.78, 5) is 22.9. The fourth-order valence-corrected chi connectivity index (χ4v) is 2.05. The summed E-state index contributed by atoms with van der Waals surface area (Å²) in [6.07, 6.45) is 5.43. The largest absolute Gasteiger partial charge is 0.295 e. The predicted molar refractivity (Wildman–Crippen MR) is 65.2 cm³/mol. The Labute approximate surface area is 97.4 Å². The summed E-state index contributed by atoms with van der Waals surface area (Å²) >= 11 is 0. The predicted octanol–water partition coefficient (Wildman–Crippen LogP) is 3.23. The highest BCUT2D eigenvalue weighted by Crippen LogP contribution is 2.39. The third-order valence-corrected chi connectivity index (χ3v) is 3.31. The van der Waals surface area contributed by atoms with E-state index in [1.165, 1.54) is 0 Å². The van der Waals surface area contributed by atoms with Crippen molar-refractivity contribution < 1.29 is 9.59 Å². The van der Waals surface area contributed by atoms with Gasteiger partial charge in [0.05, 0.1) is 0 Å². The Morgan fingerprint density at radius 2 is 2.06 bits per heavy atom. The maximum absolute atomic E-state index is 11.6. The second kappa shape index (κ2) is 4.77. The quantitative estimate of drug-likeness (QED) is 0.684. The van der Waals surface area contributed by atoms with Gasteiger partial charge in [0.1, 0.15) is 0 Å². The zero-order valence-corrected chi connectivity index (χ0v) is 10.6. The van der Waals surface area contributed by atoms with Gasteiger partial charge < -0.3 is 0 Å². The molecule has 1 aliphatic carbocycles. The normalized spacial score (nSPS) is 20.6. The second-order valence-corrected chi connectivity index (χ2v) is 5.00. The van der Waals surface area contributed by atoms with Crippen LogP contribution in [0.15, 0.2) is 23.3 Å². The van der Waals surface area contributed by atoms with E-state index in [2.05, 4.69) is 13.8 Å². The average molecular weight is 220 g/mol. The third-order valence-electron chi connectivity index (χ3n) is 3.31. The van der Waals surface area contributed by atoms with Crippen molar-refractivity contribution in [3.05, 3.63) is 23.3 Å². The molecule has 1 aliphatic rings. The first-order valence-corrected chi connectivity index (χ1v) is 5.84. The summed E-state index contributed by atoms with van der Waals surface area (Å²) in [5.41, 5.74) is 1.84. The van der Waals surface area contributed by atoms with Crippen molar-refractivity contribution in [2.24, 2.45) is 5.41 Å². The first kappa shape index (κ1) is 12.9. The van der Waals surface area contributed by atoms with Gasteiger partial charge in [-0.15, -0.1) is 0 Å². The topological polar surface area (TPSA) is 34.1 Å². The molecule has 0 saturated carbocycles. The van der Waals surface area contributed by atoms with Gasteiger partial charge in [-0.25, -0.2) is 0 Å². The minimum absolute atomic E-state index is 0.00249. The number of Topliss-reactive ketones (excluding diaryl/α,β-unsaturated/α-hetero) is 1. The molecule has 0 aromatic rings. The lowest BCUT2D eigenvalue weighted by Gasteiger charge is -2.32.